The Balaban J connectivity index is 2.41. The van der Waals surface area contributed by atoms with Crippen LogP contribution < -0.4 is 9.47 Å². The maximum atomic E-state index is 6.62. The van der Waals surface area contributed by atoms with Gasteiger partial charge in [0.05, 0.1) is 13.2 Å². The molecule has 0 aliphatic heterocycles. The summed E-state index contributed by atoms with van der Waals surface area (Å²) in [5.41, 5.74) is 5.13. The Labute approximate surface area is 363 Å². The van der Waals surface area contributed by atoms with Crippen molar-refractivity contribution in [1.29, 1.82) is 0 Å². The van der Waals surface area contributed by atoms with Crippen molar-refractivity contribution in [2.75, 3.05) is 13.2 Å². The van der Waals surface area contributed by atoms with Gasteiger partial charge in [0.15, 0.2) is 69.4 Å². The second kappa shape index (κ2) is 23.7. The van der Waals surface area contributed by atoms with Crippen LogP contribution in [0.4, 0.5) is 0 Å². The highest BCUT2D eigenvalue weighted by molar-refractivity contribution is 6.79. The van der Waals surface area contributed by atoms with Crippen LogP contribution in [0.1, 0.15) is 61.8 Å². The van der Waals surface area contributed by atoms with Gasteiger partial charge in [-0.25, -0.2) is 0 Å². The topological polar surface area (TPSA) is 55.4 Å². The van der Waals surface area contributed by atoms with Crippen molar-refractivity contribution >= 4 is 69.4 Å². The average Bonchev–Trinajstić information content (AvgIpc) is 3.03. The Hall–Kier alpha value is -0.385. The second-order valence-electron chi connectivity index (χ2n) is 20.6. The van der Waals surface area contributed by atoms with E-state index in [9.17, 15) is 0 Å². The van der Waals surface area contributed by atoms with Gasteiger partial charge < -0.3 is 25.9 Å². The van der Waals surface area contributed by atoms with Gasteiger partial charge in [0.25, 0.3) is 0 Å². The highest BCUT2D eigenvalue weighted by Gasteiger charge is 2.29. The van der Waals surface area contributed by atoms with Gasteiger partial charge in [-0.1, -0.05) is 38.1 Å². The summed E-state index contributed by atoms with van der Waals surface area (Å²) < 4.78 is 39.2. The monoisotopic (exact) mass is 924 g/mol. The van der Waals surface area contributed by atoms with E-state index in [1.807, 2.05) is 0 Å². The first-order valence-corrected chi connectivity index (χ1v) is 46.0. The van der Waals surface area contributed by atoms with Gasteiger partial charge in [-0.3, -0.25) is 0 Å². The maximum Gasteiger partial charge on any atom is 0.173 e. The normalized spacial score (nSPS) is 13.4. The minimum atomic E-state index is -1.68. The number of rotatable bonds is 28. The SMILES string of the molecule is C[SiH](C)O[Si](C)(C)CCCOc1ccc(C(C)(C)c2ccc(OCCC[Si](C)(C)O[SiH](C)C)c(CCC[Si](C)(C)O[SiH](C)C)c2)cc1CCC[Si](C)(C)O[SiH](C)C. The molecule has 0 saturated heterocycles. The fraction of sp³-hybridized carbons (Fsp3) is 0.721. The zero-order valence-electron chi connectivity index (χ0n) is 40.2. The summed E-state index contributed by atoms with van der Waals surface area (Å²) in [7, 11) is -10.8. The third-order valence-electron chi connectivity index (χ3n) is 10.6. The summed E-state index contributed by atoms with van der Waals surface area (Å²) in [6, 6.07) is 18.7. The lowest BCUT2D eigenvalue weighted by Crippen LogP contribution is -2.35. The fourth-order valence-electron chi connectivity index (χ4n) is 8.33. The van der Waals surface area contributed by atoms with Crippen LogP contribution in [0.25, 0.3) is 0 Å². The van der Waals surface area contributed by atoms with E-state index in [-0.39, 0.29) is 5.41 Å². The van der Waals surface area contributed by atoms with Crippen molar-refractivity contribution in [1.82, 2.24) is 0 Å². The van der Waals surface area contributed by atoms with E-state index >= 15 is 0 Å². The van der Waals surface area contributed by atoms with Crippen molar-refractivity contribution in [3.8, 4) is 11.5 Å². The van der Waals surface area contributed by atoms with E-state index in [2.05, 4.69) is 155 Å². The third-order valence-corrected chi connectivity index (χ3v) is 34.6. The van der Waals surface area contributed by atoms with Gasteiger partial charge in [-0.15, -0.1) is 0 Å². The number of hydrogen-bond acceptors (Lipinski definition) is 6. The maximum absolute atomic E-state index is 6.62. The van der Waals surface area contributed by atoms with Crippen LogP contribution in [0.15, 0.2) is 36.4 Å². The van der Waals surface area contributed by atoms with Crippen LogP contribution in [0.5, 0.6) is 11.5 Å². The molecule has 6 nitrogen and oxygen atoms in total. The predicted molar refractivity (Wildman–Crippen MR) is 271 cm³/mol. The van der Waals surface area contributed by atoms with Gasteiger partial charge in [0.2, 0.25) is 0 Å². The molecule has 0 N–H and O–H groups in total. The molecule has 0 aromatic heterocycles. The van der Waals surface area contributed by atoms with E-state index in [4.69, 9.17) is 25.9 Å². The van der Waals surface area contributed by atoms with Crippen LogP contribution in [-0.2, 0) is 34.7 Å². The quantitative estimate of drug-likeness (QED) is 0.0626. The standard InChI is InChI=1S/C43H88O6Si8/c1-43(2,39-25-27-41(44-29-21-33-56(15,16)48-52(7)8)37(35-39)23-19-31-54(11,12)46-50(3)4)40-26-28-42(45-30-22-34-57(17,18)49-53(9)10)38(36-40)24-20-32-55(13,14)47-51(5)6/h25-28,35-36,50-53H,19-24,29-34H2,1-18H3. The number of aryl methyl sites for hydroxylation is 2. The van der Waals surface area contributed by atoms with Crippen molar-refractivity contribution in [3.05, 3.63) is 58.7 Å². The molecule has 14 heteroatoms. The molecule has 2 rings (SSSR count). The molecule has 0 amide bonds. The zero-order chi connectivity index (χ0) is 43.2. The molecule has 0 unspecified atom stereocenters. The summed E-state index contributed by atoms with van der Waals surface area (Å²) in [5.74, 6) is 2.09. The molecule has 0 aliphatic rings. The van der Waals surface area contributed by atoms with E-state index in [1.165, 1.54) is 34.3 Å². The predicted octanol–water partition coefficient (Wildman–Crippen LogP) is 12.2. The highest BCUT2D eigenvalue weighted by atomic mass is 28.4. The Morgan fingerprint density at radius 1 is 0.439 bits per heavy atom. The van der Waals surface area contributed by atoms with Gasteiger partial charge in [-0.05, 0) is 202 Å². The third kappa shape index (κ3) is 20.8. The van der Waals surface area contributed by atoms with Crippen LogP contribution in [-0.4, -0.2) is 82.6 Å². The molecule has 2 aromatic carbocycles. The lowest BCUT2D eigenvalue weighted by molar-refractivity contribution is 0.311. The fourth-order valence-corrected chi connectivity index (χ4v) is 34.7. The van der Waals surface area contributed by atoms with Gasteiger partial charge in [0.1, 0.15) is 11.5 Å². The molecular formula is C43H88O6Si8. The first-order valence-electron chi connectivity index (χ1n) is 22.5. The first-order chi connectivity index (χ1) is 26.2. The second-order valence-corrected chi connectivity index (χ2v) is 48.8. The number of benzene rings is 2. The average molecular weight is 926 g/mol. The van der Waals surface area contributed by atoms with E-state index in [0.29, 0.717) is 0 Å². The zero-order valence-corrected chi connectivity index (χ0v) is 48.8. The molecule has 57 heavy (non-hydrogen) atoms. The summed E-state index contributed by atoms with van der Waals surface area (Å²) in [5, 5.41) is 0. The first kappa shape index (κ1) is 52.8. The van der Waals surface area contributed by atoms with Crippen LogP contribution in [0, 0.1) is 0 Å². The number of ether oxygens (including phenoxy) is 2. The molecule has 328 valence electrons. The van der Waals surface area contributed by atoms with E-state index < -0.39 is 69.4 Å². The van der Waals surface area contributed by atoms with E-state index in [0.717, 1.165) is 75.3 Å². The summed E-state index contributed by atoms with van der Waals surface area (Å²) in [6.07, 6.45) is 6.33. The molecule has 0 spiro atoms. The van der Waals surface area contributed by atoms with Gasteiger partial charge >= 0.3 is 0 Å². The molecule has 0 atom stereocenters. The van der Waals surface area contributed by atoms with Gasteiger partial charge in [-0.2, -0.15) is 0 Å². The molecule has 2 aromatic rings. The van der Waals surface area contributed by atoms with Crippen LogP contribution >= 0.6 is 0 Å². The summed E-state index contributed by atoms with van der Waals surface area (Å²) >= 11 is 0. The lowest BCUT2D eigenvalue weighted by Gasteiger charge is -2.29. The van der Waals surface area contributed by atoms with Crippen molar-refractivity contribution < 1.29 is 25.9 Å². The summed E-state index contributed by atoms with van der Waals surface area (Å²) in [6.45, 7) is 43.6. The highest BCUT2D eigenvalue weighted by Crippen LogP contribution is 2.38. The van der Waals surface area contributed by atoms with Crippen molar-refractivity contribution in [3.63, 3.8) is 0 Å². The van der Waals surface area contributed by atoms with Crippen LogP contribution in [0.2, 0.25) is 129 Å². The van der Waals surface area contributed by atoms with E-state index in [1.54, 1.807) is 0 Å². The largest absolute Gasteiger partial charge is 0.493 e. The molecule has 0 saturated carbocycles. The lowest BCUT2D eigenvalue weighted by atomic mass is 9.76. The molecule has 0 aliphatic carbocycles. The Morgan fingerprint density at radius 2 is 0.719 bits per heavy atom. The van der Waals surface area contributed by atoms with Crippen molar-refractivity contribution in [2.24, 2.45) is 0 Å². The van der Waals surface area contributed by atoms with Crippen LogP contribution in [0.3, 0.4) is 0 Å². The molecular weight excluding hydrogens is 837 g/mol. The Kier molecular flexibility index (Phi) is 22.0. The smallest absolute Gasteiger partial charge is 0.173 e. The van der Waals surface area contributed by atoms with Crippen molar-refractivity contribution in [2.45, 2.75) is 187 Å². The Bertz CT molecular complexity index is 1370. The minimum absolute atomic E-state index is 0.192. The van der Waals surface area contributed by atoms with Gasteiger partial charge in [0, 0.05) is 5.41 Å². The Morgan fingerprint density at radius 3 is 1.00 bits per heavy atom. The number of hydrogen-bond donors (Lipinski definition) is 0. The minimum Gasteiger partial charge on any atom is -0.493 e. The summed E-state index contributed by atoms with van der Waals surface area (Å²) in [4.78, 5) is 0. The molecule has 0 fully saturated rings. The molecule has 0 radical (unpaired) electrons. The molecule has 0 heterocycles. The molecule has 0 bridgehead atoms.